The molecule has 0 heterocycles. The number of sulfone groups is 1. The molecule has 0 aromatic heterocycles. The Balaban J connectivity index is 2.61. The second-order valence-electron chi connectivity index (χ2n) is 3.57. The zero-order valence-corrected chi connectivity index (χ0v) is 11.3. The van der Waals surface area contributed by atoms with E-state index >= 15 is 0 Å². The summed E-state index contributed by atoms with van der Waals surface area (Å²) in [6.45, 7) is 0. The van der Waals surface area contributed by atoms with Gasteiger partial charge in [0.25, 0.3) is 0 Å². The number of hydrogen-bond acceptors (Lipinski definition) is 3. The number of phenolic OH excluding ortho intramolecular Hbond substituents is 1. The Bertz CT molecular complexity index is 679. The highest BCUT2D eigenvalue weighted by Gasteiger charge is 2.21. The molecule has 0 radical (unpaired) electrons. The molecule has 0 aliphatic carbocycles. The molecule has 2 aromatic rings. The first kappa shape index (κ1) is 13.2. The fourth-order valence-corrected chi connectivity index (χ4v) is 3.18. The van der Waals surface area contributed by atoms with Crippen LogP contribution in [0.15, 0.2) is 52.3 Å². The molecule has 0 spiro atoms. The number of halogens is 2. The second-order valence-corrected chi connectivity index (χ2v) is 6.36. The molecule has 2 rings (SSSR count). The summed E-state index contributed by atoms with van der Waals surface area (Å²) >= 11 is 11.4. The molecule has 6 heteroatoms. The van der Waals surface area contributed by atoms with E-state index in [-0.39, 0.29) is 20.6 Å². The van der Waals surface area contributed by atoms with E-state index in [2.05, 4.69) is 0 Å². The van der Waals surface area contributed by atoms with Crippen LogP contribution in [0.2, 0.25) is 10.0 Å². The monoisotopic (exact) mass is 302 g/mol. The SMILES string of the molecule is O=S(=O)(c1ccc(Cl)cc1)c1cc(Cl)ccc1O. The van der Waals surface area contributed by atoms with E-state index in [0.29, 0.717) is 5.02 Å². The first-order valence-corrected chi connectivity index (χ1v) is 7.14. The van der Waals surface area contributed by atoms with Gasteiger partial charge in [0.15, 0.2) is 0 Å². The van der Waals surface area contributed by atoms with Gasteiger partial charge in [0.1, 0.15) is 10.6 Å². The van der Waals surface area contributed by atoms with Crippen LogP contribution in [0.1, 0.15) is 0 Å². The summed E-state index contributed by atoms with van der Waals surface area (Å²) in [4.78, 5) is -0.179. The molecular formula is C12H8Cl2O3S. The van der Waals surface area contributed by atoms with Crippen LogP contribution < -0.4 is 0 Å². The summed E-state index contributed by atoms with van der Waals surface area (Å²) in [6.07, 6.45) is 0. The van der Waals surface area contributed by atoms with E-state index < -0.39 is 9.84 Å². The third kappa shape index (κ3) is 2.46. The predicted molar refractivity (Wildman–Crippen MR) is 70.0 cm³/mol. The van der Waals surface area contributed by atoms with Crippen LogP contribution in [-0.4, -0.2) is 13.5 Å². The normalized spacial score (nSPS) is 11.4. The molecule has 0 aliphatic heterocycles. The van der Waals surface area contributed by atoms with Crippen molar-refractivity contribution >= 4 is 33.0 Å². The van der Waals surface area contributed by atoms with Gasteiger partial charge in [0.05, 0.1) is 4.90 Å². The fraction of sp³-hybridized carbons (Fsp3) is 0. The Kier molecular flexibility index (Phi) is 3.52. The molecule has 1 N–H and O–H groups in total. The van der Waals surface area contributed by atoms with Gasteiger partial charge in [-0.1, -0.05) is 23.2 Å². The van der Waals surface area contributed by atoms with Gasteiger partial charge in [-0.05, 0) is 42.5 Å². The first-order valence-electron chi connectivity index (χ1n) is 4.90. The molecule has 94 valence electrons. The third-order valence-corrected chi connectivity index (χ3v) is 4.62. The van der Waals surface area contributed by atoms with Gasteiger partial charge >= 0.3 is 0 Å². The topological polar surface area (TPSA) is 54.4 Å². The molecule has 0 bridgehead atoms. The van der Waals surface area contributed by atoms with Crippen molar-refractivity contribution in [2.75, 3.05) is 0 Å². The number of phenols is 1. The van der Waals surface area contributed by atoms with E-state index in [9.17, 15) is 13.5 Å². The summed E-state index contributed by atoms with van der Waals surface area (Å²) in [7, 11) is -3.80. The molecule has 0 aliphatic rings. The highest BCUT2D eigenvalue weighted by atomic mass is 35.5. The van der Waals surface area contributed by atoms with E-state index in [4.69, 9.17) is 23.2 Å². The minimum atomic E-state index is -3.80. The van der Waals surface area contributed by atoms with E-state index in [1.54, 1.807) is 0 Å². The molecule has 0 amide bonds. The van der Waals surface area contributed by atoms with Crippen LogP contribution in [0, 0.1) is 0 Å². The van der Waals surface area contributed by atoms with Crippen molar-refractivity contribution in [2.24, 2.45) is 0 Å². The van der Waals surface area contributed by atoms with Crippen molar-refractivity contribution < 1.29 is 13.5 Å². The van der Waals surface area contributed by atoms with Gasteiger partial charge in [-0.25, -0.2) is 8.42 Å². The standard InChI is InChI=1S/C12H8Cl2O3S/c13-8-1-4-10(5-2-8)18(16,17)12-7-9(14)3-6-11(12)15/h1-7,15H. The highest BCUT2D eigenvalue weighted by molar-refractivity contribution is 7.91. The van der Waals surface area contributed by atoms with Crippen molar-refractivity contribution in [1.82, 2.24) is 0 Å². The number of benzene rings is 2. The third-order valence-electron chi connectivity index (χ3n) is 2.34. The van der Waals surface area contributed by atoms with Crippen LogP contribution in [0.5, 0.6) is 5.75 Å². The lowest BCUT2D eigenvalue weighted by atomic mass is 10.3. The van der Waals surface area contributed by atoms with Crippen LogP contribution >= 0.6 is 23.2 Å². The zero-order valence-electron chi connectivity index (χ0n) is 8.97. The van der Waals surface area contributed by atoms with Gasteiger partial charge in [0.2, 0.25) is 9.84 Å². The molecule has 18 heavy (non-hydrogen) atoms. The van der Waals surface area contributed by atoms with Crippen LogP contribution in [0.25, 0.3) is 0 Å². The van der Waals surface area contributed by atoms with Crippen molar-refractivity contribution in [2.45, 2.75) is 9.79 Å². The Morgan fingerprint density at radius 1 is 0.889 bits per heavy atom. The summed E-state index contributed by atoms with van der Waals surface area (Å²) in [5.41, 5.74) is 0. The predicted octanol–water partition coefficient (Wildman–Crippen LogP) is 3.53. The minimum absolute atomic E-state index is 0.0458. The molecule has 0 saturated heterocycles. The molecule has 0 saturated carbocycles. The van der Waals surface area contributed by atoms with Gasteiger partial charge in [-0.15, -0.1) is 0 Å². The fourth-order valence-electron chi connectivity index (χ4n) is 1.44. The molecule has 2 aromatic carbocycles. The summed E-state index contributed by atoms with van der Waals surface area (Å²) in [5.74, 6) is -0.339. The Morgan fingerprint density at radius 2 is 1.44 bits per heavy atom. The smallest absolute Gasteiger partial charge is 0.210 e. The second kappa shape index (κ2) is 4.80. The van der Waals surface area contributed by atoms with Gasteiger partial charge in [0, 0.05) is 10.0 Å². The van der Waals surface area contributed by atoms with E-state index in [1.165, 1.54) is 42.5 Å². The van der Waals surface area contributed by atoms with Gasteiger partial charge < -0.3 is 5.11 Å². The van der Waals surface area contributed by atoms with Crippen molar-refractivity contribution in [3.05, 3.63) is 52.5 Å². The maximum Gasteiger partial charge on any atom is 0.210 e. The summed E-state index contributed by atoms with van der Waals surface area (Å²) in [5, 5.41) is 10.3. The first-order chi connectivity index (χ1) is 8.41. The largest absolute Gasteiger partial charge is 0.507 e. The van der Waals surface area contributed by atoms with Gasteiger partial charge in [-0.2, -0.15) is 0 Å². The quantitative estimate of drug-likeness (QED) is 0.923. The summed E-state index contributed by atoms with van der Waals surface area (Å²) < 4.78 is 24.5. The lowest BCUT2D eigenvalue weighted by molar-refractivity contribution is 0.459. The molecule has 3 nitrogen and oxygen atoms in total. The number of hydrogen-bond donors (Lipinski definition) is 1. The Hall–Kier alpha value is -1.23. The molecular weight excluding hydrogens is 295 g/mol. The maximum atomic E-state index is 12.3. The molecule has 0 fully saturated rings. The number of rotatable bonds is 2. The lowest BCUT2D eigenvalue weighted by Gasteiger charge is -2.07. The van der Waals surface area contributed by atoms with Crippen LogP contribution in [-0.2, 0) is 9.84 Å². The average molecular weight is 303 g/mol. The zero-order chi connectivity index (χ0) is 13.3. The molecule has 0 unspecified atom stereocenters. The highest BCUT2D eigenvalue weighted by Crippen LogP contribution is 2.31. The molecule has 0 atom stereocenters. The number of aromatic hydroxyl groups is 1. The van der Waals surface area contributed by atoms with E-state index in [0.717, 1.165) is 0 Å². The van der Waals surface area contributed by atoms with Crippen LogP contribution in [0.4, 0.5) is 0 Å². The van der Waals surface area contributed by atoms with Gasteiger partial charge in [-0.3, -0.25) is 0 Å². The van der Waals surface area contributed by atoms with Crippen molar-refractivity contribution in [3.8, 4) is 5.75 Å². The van der Waals surface area contributed by atoms with Crippen LogP contribution in [0.3, 0.4) is 0 Å². The Morgan fingerprint density at radius 3 is 2.06 bits per heavy atom. The minimum Gasteiger partial charge on any atom is -0.507 e. The van der Waals surface area contributed by atoms with Crippen molar-refractivity contribution in [3.63, 3.8) is 0 Å². The van der Waals surface area contributed by atoms with E-state index in [1.807, 2.05) is 0 Å². The van der Waals surface area contributed by atoms with Crippen molar-refractivity contribution in [1.29, 1.82) is 0 Å². The average Bonchev–Trinajstić information content (AvgIpc) is 2.32. The lowest BCUT2D eigenvalue weighted by Crippen LogP contribution is -2.02. The Labute approximate surface area is 115 Å². The summed E-state index contributed by atoms with van der Waals surface area (Å²) in [6, 6.07) is 9.55. The maximum absolute atomic E-state index is 12.3.